The molecule has 0 spiro atoms. The van der Waals surface area contributed by atoms with E-state index in [-0.39, 0.29) is 0 Å². The molecule has 40 valence electrons. The van der Waals surface area contributed by atoms with Crippen LogP contribution in [0.2, 0.25) is 0 Å². The molecule has 1 aromatic rings. The fourth-order valence-electron chi connectivity index (χ4n) is 0.374. The van der Waals surface area contributed by atoms with E-state index in [9.17, 15) is 4.79 Å². The first-order valence-electron chi connectivity index (χ1n) is 2.03. The molecule has 0 N–H and O–H groups in total. The van der Waals surface area contributed by atoms with E-state index in [2.05, 4.69) is 9.41 Å². The summed E-state index contributed by atoms with van der Waals surface area (Å²) in [5, 5.41) is 0. The molecule has 0 aliphatic carbocycles. The number of carbonyl (C=O) groups excluding carboxylic acids is 1. The summed E-state index contributed by atoms with van der Waals surface area (Å²) in [5.74, 6) is 0. The number of isocyanates is 1. The van der Waals surface area contributed by atoms with E-state index >= 15 is 0 Å². The summed E-state index contributed by atoms with van der Waals surface area (Å²) in [7, 11) is 0. The molecule has 0 radical (unpaired) electrons. The molecule has 3 nitrogen and oxygen atoms in total. The van der Waals surface area contributed by atoms with Gasteiger partial charge in [-0.1, -0.05) is 0 Å². The lowest BCUT2D eigenvalue weighted by Gasteiger charge is -1.67. The smallest absolute Gasteiger partial charge is 0.240 e. The van der Waals surface area contributed by atoms with Crippen molar-refractivity contribution >= 4 is 11.8 Å². The van der Waals surface area contributed by atoms with Crippen molar-refractivity contribution in [3.05, 3.63) is 18.6 Å². The molecule has 1 heterocycles. The van der Waals surface area contributed by atoms with Gasteiger partial charge >= 0.3 is 0 Å². The highest BCUT2D eigenvalue weighted by Crippen LogP contribution is 2.08. The summed E-state index contributed by atoms with van der Waals surface area (Å²) in [6.45, 7) is 0. The van der Waals surface area contributed by atoms with Gasteiger partial charge in [0.2, 0.25) is 6.08 Å². The van der Waals surface area contributed by atoms with Crippen molar-refractivity contribution in [3.8, 4) is 0 Å². The van der Waals surface area contributed by atoms with E-state index in [1.165, 1.54) is 18.6 Å². The normalized spacial score (nSPS) is 8.00. The van der Waals surface area contributed by atoms with Gasteiger partial charge < -0.3 is 4.42 Å². The Balaban J connectivity index is 2.93. The average Bonchev–Trinajstić information content (AvgIpc) is 2.19. The molecule has 0 bridgehead atoms. The molecular formula is C5H3NO2. The zero-order valence-electron chi connectivity index (χ0n) is 4.00. The molecule has 0 saturated heterocycles. The molecule has 1 aromatic heterocycles. The molecule has 0 fully saturated rings. The number of nitrogens with zero attached hydrogens (tertiary/aromatic N) is 1. The number of hydrogen-bond acceptors (Lipinski definition) is 3. The quantitative estimate of drug-likeness (QED) is 0.402. The van der Waals surface area contributed by atoms with Gasteiger partial charge in [0.1, 0.15) is 12.0 Å². The third-order valence-electron chi connectivity index (χ3n) is 0.681. The maximum Gasteiger partial charge on any atom is 0.240 e. The van der Waals surface area contributed by atoms with E-state index in [4.69, 9.17) is 0 Å². The van der Waals surface area contributed by atoms with Crippen molar-refractivity contribution in [1.82, 2.24) is 0 Å². The highest BCUT2D eigenvalue weighted by molar-refractivity contribution is 5.46. The molecule has 0 saturated carbocycles. The Morgan fingerprint density at radius 1 is 1.75 bits per heavy atom. The lowest BCUT2D eigenvalue weighted by Crippen LogP contribution is -1.47. The Morgan fingerprint density at radius 2 is 2.62 bits per heavy atom. The van der Waals surface area contributed by atoms with E-state index < -0.39 is 0 Å². The van der Waals surface area contributed by atoms with Crippen LogP contribution in [0.25, 0.3) is 0 Å². The van der Waals surface area contributed by atoms with Gasteiger partial charge in [-0.3, -0.25) is 0 Å². The largest absolute Gasteiger partial charge is 0.470 e. The van der Waals surface area contributed by atoms with Crippen molar-refractivity contribution in [1.29, 1.82) is 0 Å². The Kier molecular flexibility index (Phi) is 1.26. The predicted molar refractivity (Wildman–Crippen MR) is 26.5 cm³/mol. The van der Waals surface area contributed by atoms with Crippen LogP contribution in [-0.2, 0) is 4.79 Å². The van der Waals surface area contributed by atoms with Gasteiger partial charge in [-0.05, 0) is 0 Å². The lowest BCUT2D eigenvalue weighted by atomic mass is 10.6. The molecule has 0 amide bonds. The second kappa shape index (κ2) is 2.09. The second-order valence-corrected chi connectivity index (χ2v) is 1.18. The Hall–Kier alpha value is -1.34. The van der Waals surface area contributed by atoms with E-state index in [1.807, 2.05) is 0 Å². The van der Waals surface area contributed by atoms with Gasteiger partial charge in [-0.2, -0.15) is 4.99 Å². The summed E-state index contributed by atoms with van der Waals surface area (Å²) in [6.07, 6.45) is 4.19. The van der Waals surface area contributed by atoms with Crippen LogP contribution < -0.4 is 0 Å². The minimum atomic E-state index is 0.500. The maximum absolute atomic E-state index is 9.54. The van der Waals surface area contributed by atoms with Crippen LogP contribution in [0, 0.1) is 0 Å². The van der Waals surface area contributed by atoms with Gasteiger partial charge in [0.05, 0.1) is 6.26 Å². The third kappa shape index (κ3) is 0.832. The van der Waals surface area contributed by atoms with E-state index in [1.54, 1.807) is 6.07 Å². The molecule has 3 heteroatoms. The van der Waals surface area contributed by atoms with Gasteiger partial charge in [0, 0.05) is 6.07 Å². The summed E-state index contributed by atoms with van der Waals surface area (Å²) in [5.41, 5.74) is 0.500. The minimum Gasteiger partial charge on any atom is -0.470 e. The molecule has 0 aliphatic heterocycles. The first-order chi connectivity index (χ1) is 3.93. The summed E-state index contributed by atoms with van der Waals surface area (Å²) in [6, 6.07) is 1.57. The van der Waals surface area contributed by atoms with Crippen molar-refractivity contribution in [2.75, 3.05) is 0 Å². The number of aliphatic imine (C=N–C) groups is 1. The predicted octanol–water partition coefficient (Wildman–Crippen LogP) is 1.25. The van der Waals surface area contributed by atoms with Crippen molar-refractivity contribution in [3.63, 3.8) is 0 Å². The molecule has 1 rings (SSSR count). The zero-order chi connectivity index (χ0) is 5.82. The second-order valence-electron chi connectivity index (χ2n) is 1.18. The van der Waals surface area contributed by atoms with Crippen LogP contribution in [0.15, 0.2) is 28.0 Å². The fraction of sp³-hybridized carbons (Fsp3) is 0. The van der Waals surface area contributed by atoms with Gasteiger partial charge in [0.25, 0.3) is 0 Å². The lowest BCUT2D eigenvalue weighted by molar-refractivity contribution is 0.562. The number of rotatable bonds is 1. The van der Waals surface area contributed by atoms with E-state index in [0.717, 1.165) is 0 Å². The van der Waals surface area contributed by atoms with Crippen LogP contribution >= 0.6 is 0 Å². The molecule has 0 atom stereocenters. The fourth-order valence-corrected chi connectivity index (χ4v) is 0.374. The molecular weight excluding hydrogens is 106 g/mol. The summed E-state index contributed by atoms with van der Waals surface area (Å²) < 4.78 is 4.59. The van der Waals surface area contributed by atoms with Crippen molar-refractivity contribution in [2.45, 2.75) is 0 Å². The first kappa shape index (κ1) is 4.81. The SMILES string of the molecule is O=C=Nc1ccoc1. The molecule has 8 heavy (non-hydrogen) atoms. The van der Waals surface area contributed by atoms with Crippen molar-refractivity contribution in [2.24, 2.45) is 4.99 Å². The molecule has 0 aromatic carbocycles. The molecule has 0 unspecified atom stereocenters. The van der Waals surface area contributed by atoms with Gasteiger partial charge in [-0.25, -0.2) is 4.79 Å². The molecule has 0 aliphatic rings. The minimum absolute atomic E-state index is 0.500. The van der Waals surface area contributed by atoms with Crippen LogP contribution in [-0.4, -0.2) is 6.08 Å². The van der Waals surface area contributed by atoms with Crippen LogP contribution in [0.3, 0.4) is 0 Å². The van der Waals surface area contributed by atoms with Crippen LogP contribution in [0.5, 0.6) is 0 Å². The van der Waals surface area contributed by atoms with Crippen LogP contribution in [0.1, 0.15) is 0 Å². The van der Waals surface area contributed by atoms with Gasteiger partial charge in [0.15, 0.2) is 0 Å². The third-order valence-corrected chi connectivity index (χ3v) is 0.681. The number of hydrogen-bond donors (Lipinski definition) is 0. The highest BCUT2D eigenvalue weighted by atomic mass is 16.3. The topological polar surface area (TPSA) is 42.6 Å². The monoisotopic (exact) mass is 109 g/mol. The summed E-state index contributed by atoms with van der Waals surface area (Å²) >= 11 is 0. The maximum atomic E-state index is 9.54. The first-order valence-corrected chi connectivity index (χ1v) is 2.03. The Bertz CT molecular complexity index is 196. The van der Waals surface area contributed by atoms with Crippen molar-refractivity contribution < 1.29 is 9.21 Å². The Morgan fingerprint density at radius 3 is 3.12 bits per heavy atom. The van der Waals surface area contributed by atoms with Gasteiger partial charge in [-0.15, -0.1) is 0 Å². The van der Waals surface area contributed by atoms with E-state index in [0.29, 0.717) is 5.69 Å². The highest BCUT2D eigenvalue weighted by Gasteiger charge is 1.84. The summed E-state index contributed by atoms with van der Waals surface area (Å²) in [4.78, 5) is 12.8. The Labute approximate surface area is 45.6 Å². The zero-order valence-corrected chi connectivity index (χ0v) is 4.00. The number of furan rings is 1. The average molecular weight is 109 g/mol. The standard InChI is InChI=1S/C5H3NO2/c7-4-6-5-1-2-8-3-5/h1-3H. The van der Waals surface area contributed by atoms with Crippen LogP contribution in [0.4, 0.5) is 5.69 Å².